The Morgan fingerprint density at radius 3 is 2.85 bits per heavy atom. The number of nitrogens with one attached hydrogen (secondary N) is 1. The molecule has 0 saturated carbocycles. The van der Waals surface area contributed by atoms with Crippen molar-refractivity contribution >= 4 is 23.2 Å². The van der Waals surface area contributed by atoms with Gasteiger partial charge in [0, 0.05) is 16.7 Å². The van der Waals surface area contributed by atoms with Gasteiger partial charge in [0.2, 0.25) is 0 Å². The Hall–Kier alpha value is -2.34. The molecule has 2 aromatic heterocycles. The first kappa shape index (κ1) is 12.7. The molecule has 5 nitrogen and oxygen atoms in total. The van der Waals surface area contributed by atoms with Gasteiger partial charge in [-0.25, -0.2) is 0 Å². The van der Waals surface area contributed by atoms with Crippen molar-refractivity contribution in [2.45, 2.75) is 17.0 Å². The summed E-state index contributed by atoms with van der Waals surface area (Å²) in [5, 5.41) is 16.6. The number of hydrogen-bond donors (Lipinski definition) is 2. The first-order valence-electron chi connectivity index (χ1n) is 6.08. The lowest BCUT2D eigenvalue weighted by molar-refractivity contribution is 0.921. The Bertz CT molecular complexity index is 793. The Balaban J connectivity index is 1.95. The number of fused-ring (bicyclic) bond motifs is 1. The van der Waals surface area contributed by atoms with Gasteiger partial charge < -0.3 is 5.73 Å². The van der Waals surface area contributed by atoms with Crippen LogP contribution in [-0.2, 0) is 0 Å². The molecule has 0 unspecified atom stereocenters. The largest absolute Gasteiger partial charge is 0.384 e. The third kappa shape index (κ3) is 2.25. The summed E-state index contributed by atoms with van der Waals surface area (Å²) in [5.74, 6) is 0.0898. The van der Waals surface area contributed by atoms with Crippen molar-refractivity contribution in [3.63, 3.8) is 0 Å². The minimum atomic E-state index is 0.0898. The van der Waals surface area contributed by atoms with Gasteiger partial charge in [-0.1, -0.05) is 6.07 Å². The van der Waals surface area contributed by atoms with E-state index in [9.17, 15) is 0 Å². The van der Waals surface area contributed by atoms with Crippen LogP contribution in [0.15, 0.2) is 52.6 Å². The van der Waals surface area contributed by atoms with Crippen LogP contribution in [0, 0.1) is 12.3 Å². The van der Waals surface area contributed by atoms with E-state index in [1.807, 2.05) is 53.9 Å². The van der Waals surface area contributed by atoms with Gasteiger partial charge in [-0.15, -0.1) is 10.2 Å². The second-order valence-electron chi connectivity index (χ2n) is 4.40. The molecule has 0 spiro atoms. The van der Waals surface area contributed by atoms with E-state index >= 15 is 0 Å². The maximum atomic E-state index is 7.50. The van der Waals surface area contributed by atoms with Crippen LogP contribution in [0.1, 0.15) is 11.1 Å². The summed E-state index contributed by atoms with van der Waals surface area (Å²) in [7, 11) is 0. The first-order valence-corrected chi connectivity index (χ1v) is 6.89. The maximum absolute atomic E-state index is 7.50. The quantitative estimate of drug-likeness (QED) is 0.571. The van der Waals surface area contributed by atoms with Crippen molar-refractivity contribution in [2.24, 2.45) is 5.73 Å². The SMILES string of the molecule is Cc1cc(Sc2nnc3ccccn23)ccc1C(=N)N. The molecule has 0 aliphatic carbocycles. The first-order chi connectivity index (χ1) is 9.65. The van der Waals surface area contributed by atoms with Crippen molar-refractivity contribution in [1.82, 2.24) is 14.6 Å². The standard InChI is InChI=1S/C14H13N5S/c1-9-8-10(5-6-11(9)13(15)16)20-14-18-17-12-4-2-3-7-19(12)14/h2-8H,1H3,(H3,15,16). The highest BCUT2D eigenvalue weighted by Gasteiger charge is 2.08. The summed E-state index contributed by atoms with van der Waals surface area (Å²) in [6.07, 6.45) is 1.94. The molecule has 3 aromatic rings. The molecule has 1 aromatic carbocycles. The lowest BCUT2D eigenvalue weighted by Gasteiger charge is -2.06. The van der Waals surface area contributed by atoms with Crippen molar-refractivity contribution in [2.75, 3.05) is 0 Å². The van der Waals surface area contributed by atoms with Crippen LogP contribution in [-0.4, -0.2) is 20.4 Å². The molecule has 20 heavy (non-hydrogen) atoms. The van der Waals surface area contributed by atoms with E-state index in [1.165, 1.54) is 11.8 Å². The van der Waals surface area contributed by atoms with Crippen LogP contribution < -0.4 is 5.73 Å². The average Bonchev–Trinajstić information content (AvgIpc) is 2.82. The molecule has 2 heterocycles. The molecule has 6 heteroatoms. The van der Waals surface area contributed by atoms with Crippen LogP contribution in [0.5, 0.6) is 0 Å². The highest BCUT2D eigenvalue weighted by Crippen LogP contribution is 2.27. The molecule has 0 aliphatic heterocycles. The minimum absolute atomic E-state index is 0.0898. The number of aromatic nitrogens is 3. The van der Waals surface area contributed by atoms with E-state index in [2.05, 4.69) is 10.2 Å². The highest BCUT2D eigenvalue weighted by atomic mass is 32.2. The second kappa shape index (κ2) is 4.97. The molecule has 0 atom stereocenters. The monoisotopic (exact) mass is 283 g/mol. The molecular formula is C14H13N5S. The summed E-state index contributed by atoms with van der Waals surface area (Å²) in [6, 6.07) is 11.6. The topological polar surface area (TPSA) is 80.1 Å². The number of nitrogens with zero attached hydrogens (tertiary/aromatic N) is 3. The summed E-state index contributed by atoms with van der Waals surface area (Å²) in [4.78, 5) is 1.05. The van der Waals surface area contributed by atoms with Gasteiger partial charge in [-0.05, 0) is 54.6 Å². The third-order valence-corrected chi connectivity index (χ3v) is 3.93. The molecule has 0 amide bonds. The van der Waals surface area contributed by atoms with Gasteiger partial charge in [-0.2, -0.15) is 0 Å². The minimum Gasteiger partial charge on any atom is -0.384 e. The van der Waals surface area contributed by atoms with Crippen LogP contribution in [0.3, 0.4) is 0 Å². The fourth-order valence-electron chi connectivity index (χ4n) is 2.00. The van der Waals surface area contributed by atoms with Gasteiger partial charge in [-0.3, -0.25) is 9.81 Å². The Morgan fingerprint density at radius 1 is 1.25 bits per heavy atom. The predicted octanol–water partition coefficient (Wildman–Crippen LogP) is 2.47. The molecule has 100 valence electrons. The molecule has 3 N–H and O–H groups in total. The molecule has 0 aliphatic rings. The third-order valence-electron chi connectivity index (χ3n) is 2.98. The van der Waals surface area contributed by atoms with Gasteiger partial charge >= 0.3 is 0 Å². The molecule has 0 radical (unpaired) electrons. The molecule has 3 rings (SSSR count). The van der Waals surface area contributed by atoms with Crippen molar-refractivity contribution in [3.05, 3.63) is 53.7 Å². The van der Waals surface area contributed by atoms with Crippen molar-refractivity contribution in [3.8, 4) is 0 Å². The fourth-order valence-corrected chi connectivity index (χ4v) is 2.91. The second-order valence-corrected chi connectivity index (χ2v) is 5.44. The molecular weight excluding hydrogens is 270 g/mol. The van der Waals surface area contributed by atoms with E-state index in [-0.39, 0.29) is 5.84 Å². The van der Waals surface area contributed by atoms with Crippen LogP contribution in [0.25, 0.3) is 5.65 Å². The molecule has 0 fully saturated rings. The smallest absolute Gasteiger partial charge is 0.200 e. The summed E-state index contributed by atoms with van der Waals surface area (Å²) < 4.78 is 1.94. The Morgan fingerprint density at radius 2 is 2.10 bits per heavy atom. The number of hydrogen-bond acceptors (Lipinski definition) is 4. The zero-order valence-corrected chi connectivity index (χ0v) is 11.7. The number of amidine groups is 1. The van der Waals surface area contributed by atoms with Crippen LogP contribution in [0.4, 0.5) is 0 Å². The van der Waals surface area contributed by atoms with Gasteiger partial charge in [0.05, 0.1) is 0 Å². The number of nitrogens with two attached hydrogens (primary N) is 1. The predicted molar refractivity (Wildman–Crippen MR) is 79.3 cm³/mol. The number of aryl methyl sites for hydroxylation is 1. The van der Waals surface area contributed by atoms with Gasteiger partial charge in [0.25, 0.3) is 0 Å². The van der Waals surface area contributed by atoms with Crippen molar-refractivity contribution < 1.29 is 0 Å². The number of pyridine rings is 1. The summed E-state index contributed by atoms with van der Waals surface area (Å²) in [5.41, 5.74) is 8.10. The average molecular weight is 283 g/mol. The normalized spacial score (nSPS) is 10.8. The Labute approximate surface area is 120 Å². The zero-order valence-electron chi connectivity index (χ0n) is 10.9. The number of benzene rings is 1. The van der Waals surface area contributed by atoms with E-state index in [0.29, 0.717) is 0 Å². The molecule has 0 bridgehead atoms. The van der Waals surface area contributed by atoms with Crippen molar-refractivity contribution in [1.29, 1.82) is 5.41 Å². The fraction of sp³-hybridized carbons (Fsp3) is 0.0714. The lowest BCUT2D eigenvalue weighted by Crippen LogP contribution is -2.12. The molecule has 0 saturated heterocycles. The number of rotatable bonds is 3. The number of nitrogen functional groups attached to an aromatic ring is 1. The van der Waals surface area contributed by atoms with Crippen LogP contribution >= 0.6 is 11.8 Å². The summed E-state index contributed by atoms with van der Waals surface area (Å²) in [6.45, 7) is 1.95. The zero-order chi connectivity index (χ0) is 14.1. The van der Waals surface area contributed by atoms with E-state index in [0.717, 1.165) is 26.8 Å². The van der Waals surface area contributed by atoms with Gasteiger partial charge in [0.1, 0.15) is 5.84 Å². The van der Waals surface area contributed by atoms with E-state index in [1.54, 1.807) is 0 Å². The van der Waals surface area contributed by atoms with E-state index in [4.69, 9.17) is 11.1 Å². The van der Waals surface area contributed by atoms with E-state index < -0.39 is 0 Å². The lowest BCUT2D eigenvalue weighted by atomic mass is 10.1. The highest BCUT2D eigenvalue weighted by molar-refractivity contribution is 7.99. The summed E-state index contributed by atoms with van der Waals surface area (Å²) >= 11 is 1.54. The maximum Gasteiger partial charge on any atom is 0.200 e. The Kier molecular flexibility index (Phi) is 3.15. The van der Waals surface area contributed by atoms with Crippen LogP contribution in [0.2, 0.25) is 0 Å². The van der Waals surface area contributed by atoms with Gasteiger partial charge in [0.15, 0.2) is 10.8 Å².